The maximum atomic E-state index is 12.8. The Kier molecular flexibility index (Phi) is 4.67. The molecule has 0 saturated heterocycles. The normalized spacial score (nSPS) is 16.7. The fourth-order valence-corrected chi connectivity index (χ4v) is 3.41. The van der Waals surface area contributed by atoms with E-state index in [-0.39, 0.29) is 24.1 Å². The molecule has 0 aliphatic carbocycles. The molecule has 0 amide bonds. The number of rotatable bonds is 4. The zero-order chi connectivity index (χ0) is 19.0. The van der Waals surface area contributed by atoms with Gasteiger partial charge in [0.2, 0.25) is 0 Å². The third kappa shape index (κ3) is 2.61. The number of carbonyl (C=O) groups excluding carboxylic acids is 2. The summed E-state index contributed by atoms with van der Waals surface area (Å²) in [7, 11) is 0. The molecule has 0 fully saturated rings. The second-order valence-electron chi connectivity index (χ2n) is 5.96. The molecule has 1 aliphatic rings. The minimum atomic E-state index is -0.941. The number of aromatic nitrogens is 1. The molecule has 0 saturated carbocycles. The van der Waals surface area contributed by atoms with Gasteiger partial charge in [0.05, 0.1) is 17.8 Å². The van der Waals surface area contributed by atoms with Crippen molar-refractivity contribution in [3.8, 4) is 0 Å². The van der Waals surface area contributed by atoms with Crippen LogP contribution in [0.5, 0.6) is 0 Å². The van der Waals surface area contributed by atoms with Gasteiger partial charge >= 0.3 is 17.4 Å². The Labute approximate surface area is 149 Å². The number of hydrogen-bond acceptors (Lipinski definition) is 7. The van der Waals surface area contributed by atoms with Crippen LogP contribution in [0.4, 0.5) is 5.69 Å². The van der Waals surface area contributed by atoms with Crippen molar-refractivity contribution in [3.63, 3.8) is 0 Å². The Morgan fingerprint density at radius 3 is 2.54 bits per heavy atom. The fourth-order valence-electron chi connectivity index (χ4n) is 3.41. The van der Waals surface area contributed by atoms with E-state index in [0.717, 1.165) is 0 Å². The Morgan fingerprint density at radius 2 is 1.92 bits per heavy atom. The maximum Gasteiger partial charge on any atom is 0.422 e. The average molecular weight is 360 g/mol. The lowest BCUT2D eigenvalue weighted by atomic mass is 9.89. The number of anilines is 1. The molecule has 1 aromatic heterocycles. The van der Waals surface area contributed by atoms with Crippen molar-refractivity contribution in [2.75, 3.05) is 24.6 Å². The number of carbonyl (C=O) groups is 2. The van der Waals surface area contributed by atoms with E-state index in [2.05, 4.69) is 0 Å². The number of fused-ring (bicyclic) bond motifs is 3. The zero-order valence-corrected chi connectivity index (χ0v) is 14.9. The number of Topliss-reactive ketones (excluding diaryl/α,β-unsaturated/α-hetero) is 1. The smallest absolute Gasteiger partial charge is 0.422 e. The van der Waals surface area contributed by atoms with Crippen LogP contribution in [-0.4, -0.2) is 36.0 Å². The summed E-state index contributed by atoms with van der Waals surface area (Å²) >= 11 is 0. The minimum Gasteiger partial charge on any atom is -0.465 e. The molecule has 2 aromatic rings. The van der Waals surface area contributed by atoms with E-state index < -0.39 is 29.1 Å². The second-order valence-corrected chi connectivity index (χ2v) is 5.96. The quantitative estimate of drug-likeness (QED) is 0.596. The molecule has 0 spiro atoms. The van der Waals surface area contributed by atoms with Gasteiger partial charge in [-0.05, 0) is 32.9 Å². The molecule has 1 aliphatic heterocycles. The van der Waals surface area contributed by atoms with Crippen molar-refractivity contribution in [2.45, 2.75) is 27.3 Å². The number of benzene rings is 1. The molecule has 0 radical (unpaired) electrons. The molecule has 1 aromatic carbocycles. The maximum absolute atomic E-state index is 12.8. The highest BCUT2D eigenvalue weighted by Crippen LogP contribution is 2.35. The summed E-state index contributed by atoms with van der Waals surface area (Å²) in [6, 6.07) is 3.11. The first kappa shape index (κ1) is 17.9. The van der Waals surface area contributed by atoms with Gasteiger partial charge in [0, 0.05) is 25.2 Å². The number of ether oxygens (including phenoxy) is 1. The van der Waals surface area contributed by atoms with Gasteiger partial charge < -0.3 is 14.1 Å². The van der Waals surface area contributed by atoms with Gasteiger partial charge in [-0.2, -0.15) is 0 Å². The molecule has 0 N–H and O–H groups in total. The fraction of sp³-hybridized carbons (Fsp3) is 0.444. The van der Waals surface area contributed by atoms with E-state index in [1.165, 1.54) is 4.57 Å². The van der Waals surface area contributed by atoms with E-state index in [0.29, 0.717) is 24.3 Å². The standard InChI is InChI=1S/C18H20N2O6/c1-4-19-9-11(16(22)25-6-3)15(21)10-7-8-12-13(14(10)19)17(23)26-18(24)20(12)5-2/h7-8,11H,4-6,9H2,1-3H3. The third-order valence-corrected chi connectivity index (χ3v) is 4.62. The molecular weight excluding hydrogens is 340 g/mol. The summed E-state index contributed by atoms with van der Waals surface area (Å²) in [6.07, 6.45) is 0. The van der Waals surface area contributed by atoms with E-state index >= 15 is 0 Å². The molecule has 0 bridgehead atoms. The number of ketones is 1. The SMILES string of the molecule is CCOC(=O)C1CN(CC)c2c(ccc3c2c(=O)oc(=O)n3CC)C1=O. The Hall–Kier alpha value is -2.90. The summed E-state index contributed by atoms with van der Waals surface area (Å²) in [6.45, 7) is 6.40. The Bertz CT molecular complexity index is 1000. The lowest BCUT2D eigenvalue weighted by molar-refractivity contribution is -0.145. The van der Waals surface area contributed by atoms with E-state index in [1.54, 1.807) is 30.9 Å². The summed E-state index contributed by atoms with van der Waals surface area (Å²) in [5, 5.41) is 0.182. The molecule has 8 nitrogen and oxygen atoms in total. The van der Waals surface area contributed by atoms with Crippen LogP contribution in [0.1, 0.15) is 31.1 Å². The average Bonchev–Trinajstić information content (AvgIpc) is 2.62. The first-order valence-corrected chi connectivity index (χ1v) is 8.60. The second kappa shape index (κ2) is 6.78. The van der Waals surface area contributed by atoms with Gasteiger partial charge in [-0.25, -0.2) is 9.59 Å². The van der Waals surface area contributed by atoms with Crippen LogP contribution in [0.3, 0.4) is 0 Å². The molecule has 138 valence electrons. The van der Waals surface area contributed by atoms with E-state index in [1.807, 2.05) is 6.92 Å². The van der Waals surface area contributed by atoms with Crippen LogP contribution >= 0.6 is 0 Å². The van der Waals surface area contributed by atoms with Gasteiger partial charge in [0.1, 0.15) is 11.3 Å². The van der Waals surface area contributed by atoms with Gasteiger partial charge in [-0.15, -0.1) is 0 Å². The van der Waals surface area contributed by atoms with Crippen LogP contribution in [0.2, 0.25) is 0 Å². The number of nitrogens with zero attached hydrogens (tertiary/aromatic N) is 2. The highest BCUT2D eigenvalue weighted by Gasteiger charge is 2.38. The largest absolute Gasteiger partial charge is 0.465 e. The monoisotopic (exact) mass is 360 g/mol. The molecule has 8 heteroatoms. The van der Waals surface area contributed by atoms with Crippen LogP contribution in [0.25, 0.3) is 10.9 Å². The predicted molar refractivity (Wildman–Crippen MR) is 94.8 cm³/mol. The van der Waals surface area contributed by atoms with E-state index in [4.69, 9.17) is 9.15 Å². The van der Waals surface area contributed by atoms with Crippen LogP contribution < -0.4 is 16.3 Å². The van der Waals surface area contributed by atoms with Gasteiger partial charge in [-0.3, -0.25) is 14.2 Å². The van der Waals surface area contributed by atoms with Crippen molar-refractivity contribution >= 4 is 28.3 Å². The summed E-state index contributed by atoms with van der Waals surface area (Å²) in [4.78, 5) is 51.1. The molecule has 1 unspecified atom stereocenters. The molecule has 2 heterocycles. The Morgan fingerprint density at radius 1 is 1.19 bits per heavy atom. The zero-order valence-electron chi connectivity index (χ0n) is 14.9. The van der Waals surface area contributed by atoms with Crippen molar-refractivity contribution in [2.24, 2.45) is 5.92 Å². The number of esters is 1. The summed E-state index contributed by atoms with van der Waals surface area (Å²) in [5.74, 6) is -2.64. The third-order valence-electron chi connectivity index (χ3n) is 4.62. The molecule has 26 heavy (non-hydrogen) atoms. The highest BCUT2D eigenvalue weighted by molar-refractivity contribution is 6.17. The van der Waals surface area contributed by atoms with Crippen LogP contribution in [0, 0.1) is 5.92 Å². The van der Waals surface area contributed by atoms with Gasteiger partial charge in [0.15, 0.2) is 5.78 Å². The summed E-state index contributed by atoms with van der Waals surface area (Å²) in [5.41, 5.74) is 0.296. The molecular formula is C18H20N2O6. The number of hydrogen-bond donors (Lipinski definition) is 0. The van der Waals surface area contributed by atoms with Crippen LogP contribution in [-0.2, 0) is 16.1 Å². The van der Waals surface area contributed by atoms with E-state index in [9.17, 15) is 19.2 Å². The van der Waals surface area contributed by atoms with Crippen molar-refractivity contribution in [1.82, 2.24) is 4.57 Å². The Balaban J connectivity index is 2.30. The first-order chi connectivity index (χ1) is 12.4. The first-order valence-electron chi connectivity index (χ1n) is 8.60. The molecule has 1 atom stereocenters. The minimum absolute atomic E-state index is 0.116. The van der Waals surface area contributed by atoms with Crippen LogP contribution in [0.15, 0.2) is 26.1 Å². The van der Waals surface area contributed by atoms with Gasteiger partial charge in [0.25, 0.3) is 0 Å². The number of aryl methyl sites for hydroxylation is 1. The van der Waals surface area contributed by atoms with Crippen molar-refractivity contribution < 1.29 is 18.7 Å². The van der Waals surface area contributed by atoms with Gasteiger partial charge in [-0.1, -0.05) is 0 Å². The highest BCUT2D eigenvalue weighted by atomic mass is 16.5. The van der Waals surface area contributed by atoms with Crippen molar-refractivity contribution in [3.05, 3.63) is 38.7 Å². The topological polar surface area (TPSA) is 98.8 Å². The predicted octanol–water partition coefficient (Wildman–Crippen LogP) is 1.18. The lowest BCUT2D eigenvalue weighted by Gasteiger charge is -2.34. The lowest BCUT2D eigenvalue weighted by Crippen LogP contribution is -2.44. The van der Waals surface area contributed by atoms with Crippen molar-refractivity contribution in [1.29, 1.82) is 0 Å². The molecule has 3 rings (SSSR count). The summed E-state index contributed by atoms with van der Waals surface area (Å²) < 4.78 is 11.2.